The first-order valence-corrected chi connectivity index (χ1v) is 24.3. The molecule has 0 bridgehead atoms. The largest absolute Gasteiger partial charge is 0.396 e. The van der Waals surface area contributed by atoms with Crippen LogP contribution in [0.2, 0.25) is 0 Å². The molecule has 1 aliphatic rings. The molecule has 2 unspecified atom stereocenters. The Kier molecular flexibility index (Phi) is 37.5. The Morgan fingerprint density at radius 3 is 1.19 bits per heavy atom. The van der Waals surface area contributed by atoms with Gasteiger partial charge in [0, 0.05) is 6.61 Å². The van der Waals surface area contributed by atoms with Crippen LogP contribution in [0.3, 0.4) is 0 Å². The van der Waals surface area contributed by atoms with Gasteiger partial charge in [0.1, 0.15) is 0 Å². The molecule has 1 fully saturated rings. The summed E-state index contributed by atoms with van der Waals surface area (Å²) >= 11 is 0. The third-order valence-electron chi connectivity index (χ3n) is 12.0. The first-order valence-electron chi connectivity index (χ1n) is 24.3. The normalized spacial score (nSPS) is 17.9. The molecule has 0 radical (unpaired) electrons. The minimum absolute atomic E-state index is 0.0201. The molecule has 4 heteroatoms. The fraction of sp³-hybridized carbons (Fsp3) is 1.00. The first kappa shape index (κ1) is 49.9. The van der Waals surface area contributed by atoms with Gasteiger partial charge in [0.25, 0.3) is 0 Å². The van der Waals surface area contributed by atoms with E-state index >= 15 is 0 Å². The number of aliphatic hydroxyl groups excluding tert-OH is 1. The van der Waals surface area contributed by atoms with Crippen molar-refractivity contribution >= 4 is 0 Å². The highest BCUT2D eigenvalue weighted by Crippen LogP contribution is 2.29. The smallest absolute Gasteiger partial charge is 0.158 e. The van der Waals surface area contributed by atoms with Gasteiger partial charge in [-0.3, -0.25) is 0 Å². The van der Waals surface area contributed by atoms with Crippen molar-refractivity contribution < 1.29 is 14.6 Å². The quantitative estimate of drug-likeness (QED) is 0.0635. The summed E-state index contributed by atoms with van der Waals surface area (Å²) in [4.78, 5) is 2.72. The Labute approximate surface area is 328 Å². The SMILES string of the molecule is CCCCCCCC(CCCCCCC)CCCCCN(CCCCO)CCCCCCC1OC(CCCCCCC)CC(CCCCCCC)O1. The lowest BCUT2D eigenvalue weighted by Crippen LogP contribution is -2.38. The Morgan fingerprint density at radius 1 is 0.423 bits per heavy atom. The van der Waals surface area contributed by atoms with Crippen LogP contribution < -0.4 is 0 Å². The average Bonchev–Trinajstić information content (AvgIpc) is 3.15. The highest BCUT2D eigenvalue weighted by atomic mass is 16.7. The number of unbranched alkanes of at least 4 members (excludes halogenated alkanes) is 22. The standard InChI is InChI=1S/C48H97NO3/c1-5-9-13-17-24-34-45(35-25-18-14-10-6-2)36-26-23-31-41-49(42-32-33-43-50)40-30-22-21-29-39-48-51-46(37-27-19-15-11-7-3)44-47(52-48)38-28-20-16-12-8-4/h45-48,50H,5-44H2,1-4H3. The van der Waals surface area contributed by atoms with Gasteiger partial charge in [-0.1, -0.05) is 201 Å². The summed E-state index contributed by atoms with van der Waals surface area (Å²) in [6, 6.07) is 0. The van der Waals surface area contributed by atoms with Crippen LogP contribution in [0.25, 0.3) is 0 Å². The Hall–Kier alpha value is -0.160. The second-order valence-electron chi connectivity index (χ2n) is 17.2. The van der Waals surface area contributed by atoms with E-state index in [4.69, 9.17) is 9.47 Å². The first-order chi connectivity index (χ1) is 25.7. The van der Waals surface area contributed by atoms with E-state index in [-0.39, 0.29) is 6.29 Å². The maximum Gasteiger partial charge on any atom is 0.158 e. The van der Waals surface area contributed by atoms with Crippen molar-refractivity contribution in [3.8, 4) is 0 Å². The summed E-state index contributed by atoms with van der Waals surface area (Å²) in [5, 5.41) is 9.41. The number of aliphatic hydroxyl groups is 1. The van der Waals surface area contributed by atoms with Crippen LogP contribution in [0, 0.1) is 5.92 Å². The van der Waals surface area contributed by atoms with Crippen molar-refractivity contribution in [2.75, 3.05) is 26.2 Å². The Balaban J connectivity index is 2.39. The zero-order valence-corrected chi connectivity index (χ0v) is 36.3. The number of rotatable bonds is 41. The highest BCUT2D eigenvalue weighted by Gasteiger charge is 2.29. The summed E-state index contributed by atoms with van der Waals surface area (Å²) in [5.74, 6) is 0.969. The molecule has 2 atom stereocenters. The zero-order valence-electron chi connectivity index (χ0n) is 36.3. The van der Waals surface area contributed by atoms with Gasteiger partial charge in [-0.15, -0.1) is 0 Å². The third kappa shape index (κ3) is 31.1. The van der Waals surface area contributed by atoms with Gasteiger partial charge >= 0.3 is 0 Å². The highest BCUT2D eigenvalue weighted by molar-refractivity contribution is 4.74. The van der Waals surface area contributed by atoms with Crippen LogP contribution >= 0.6 is 0 Å². The van der Waals surface area contributed by atoms with Gasteiger partial charge in [-0.2, -0.15) is 0 Å². The van der Waals surface area contributed by atoms with Gasteiger partial charge in [0.05, 0.1) is 12.2 Å². The molecule has 52 heavy (non-hydrogen) atoms. The molecule has 0 aromatic carbocycles. The lowest BCUT2D eigenvalue weighted by molar-refractivity contribution is -0.247. The Bertz CT molecular complexity index is 653. The van der Waals surface area contributed by atoms with E-state index in [0.717, 1.165) is 38.1 Å². The van der Waals surface area contributed by atoms with E-state index in [1.165, 1.54) is 219 Å². The predicted molar refractivity (Wildman–Crippen MR) is 229 cm³/mol. The number of nitrogens with zero attached hydrogens (tertiary/aromatic N) is 1. The van der Waals surface area contributed by atoms with E-state index in [1.807, 2.05) is 0 Å². The fourth-order valence-corrected chi connectivity index (χ4v) is 8.56. The van der Waals surface area contributed by atoms with Gasteiger partial charge in [0.15, 0.2) is 6.29 Å². The molecule has 4 nitrogen and oxygen atoms in total. The molecular weight excluding hydrogens is 639 g/mol. The third-order valence-corrected chi connectivity index (χ3v) is 12.0. The minimum Gasteiger partial charge on any atom is -0.396 e. The summed E-state index contributed by atoms with van der Waals surface area (Å²) in [6.45, 7) is 13.2. The fourth-order valence-electron chi connectivity index (χ4n) is 8.56. The topological polar surface area (TPSA) is 41.9 Å². The summed E-state index contributed by atoms with van der Waals surface area (Å²) in [7, 11) is 0. The van der Waals surface area contributed by atoms with Crippen molar-refractivity contribution in [3.05, 3.63) is 0 Å². The van der Waals surface area contributed by atoms with Crippen molar-refractivity contribution in [2.24, 2.45) is 5.92 Å². The monoisotopic (exact) mass is 736 g/mol. The molecule has 1 aliphatic heterocycles. The van der Waals surface area contributed by atoms with Gasteiger partial charge < -0.3 is 19.5 Å². The zero-order chi connectivity index (χ0) is 37.6. The minimum atomic E-state index is 0.0201. The maximum absolute atomic E-state index is 9.41. The van der Waals surface area contributed by atoms with E-state index in [0.29, 0.717) is 18.8 Å². The van der Waals surface area contributed by atoms with Crippen molar-refractivity contribution in [1.29, 1.82) is 0 Å². The number of hydrogen-bond acceptors (Lipinski definition) is 4. The molecule has 0 spiro atoms. The lowest BCUT2D eigenvalue weighted by Gasteiger charge is -2.36. The average molecular weight is 736 g/mol. The molecule has 0 saturated carbocycles. The van der Waals surface area contributed by atoms with E-state index in [1.54, 1.807) is 0 Å². The van der Waals surface area contributed by atoms with E-state index < -0.39 is 0 Å². The molecule has 1 saturated heterocycles. The molecule has 1 N–H and O–H groups in total. The van der Waals surface area contributed by atoms with Gasteiger partial charge in [-0.25, -0.2) is 0 Å². The second kappa shape index (κ2) is 39.1. The van der Waals surface area contributed by atoms with Crippen molar-refractivity contribution in [2.45, 2.75) is 277 Å². The van der Waals surface area contributed by atoms with Crippen LogP contribution in [0.4, 0.5) is 0 Å². The van der Waals surface area contributed by atoms with Crippen LogP contribution in [0.5, 0.6) is 0 Å². The molecule has 0 aliphatic carbocycles. The van der Waals surface area contributed by atoms with Crippen LogP contribution in [0.1, 0.15) is 259 Å². The summed E-state index contributed by atoms with van der Waals surface area (Å²) < 4.78 is 13.1. The van der Waals surface area contributed by atoms with Gasteiger partial charge in [-0.05, 0) is 83.3 Å². The van der Waals surface area contributed by atoms with E-state index in [2.05, 4.69) is 32.6 Å². The number of hydrogen-bond donors (Lipinski definition) is 1. The maximum atomic E-state index is 9.41. The molecule has 0 aromatic rings. The molecule has 1 rings (SSSR count). The lowest BCUT2D eigenvalue weighted by atomic mass is 9.89. The molecule has 0 amide bonds. The summed E-state index contributed by atoms with van der Waals surface area (Å²) in [5.41, 5.74) is 0. The summed E-state index contributed by atoms with van der Waals surface area (Å²) in [6.07, 6.45) is 48.9. The molecule has 312 valence electrons. The van der Waals surface area contributed by atoms with E-state index in [9.17, 15) is 5.11 Å². The predicted octanol–water partition coefficient (Wildman–Crippen LogP) is 15.1. The van der Waals surface area contributed by atoms with Crippen LogP contribution in [-0.2, 0) is 9.47 Å². The number of ether oxygens (including phenoxy) is 2. The molecule has 0 aromatic heterocycles. The van der Waals surface area contributed by atoms with Gasteiger partial charge in [0.2, 0.25) is 0 Å². The van der Waals surface area contributed by atoms with Crippen LogP contribution in [-0.4, -0.2) is 54.7 Å². The van der Waals surface area contributed by atoms with Crippen molar-refractivity contribution in [1.82, 2.24) is 4.90 Å². The second-order valence-corrected chi connectivity index (χ2v) is 17.2. The molecule has 1 heterocycles. The van der Waals surface area contributed by atoms with Crippen molar-refractivity contribution in [3.63, 3.8) is 0 Å². The Morgan fingerprint density at radius 2 is 0.769 bits per heavy atom. The van der Waals surface area contributed by atoms with Crippen LogP contribution in [0.15, 0.2) is 0 Å². The molecular formula is C48H97NO3.